The molecular formula is C21H23N3O4. The van der Waals surface area contributed by atoms with Crippen LogP contribution in [0.5, 0.6) is 0 Å². The number of benzene rings is 2. The molecule has 0 saturated carbocycles. The zero-order valence-corrected chi connectivity index (χ0v) is 15.6. The van der Waals surface area contributed by atoms with Gasteiger partial charge in [-0.25, -0.2) is 0 Å². The number of anilines is 2. The maximum Gasteiger partial charge on any atom is 0.293 e. The number of aryl methyl sites for hydroxylation is 1. The molecule has 1 fully saturated rings. The van der Waals surface area contributed by atoms with Crippen molar-refractivity contribution in [3.63, 3.8) is 0 Å². The SMILES string of the molecule is O=C(c1ccc(NC[C@@H]2CCCO2)c([N+](=O)[O-])c1)N1CCCc2ccccc21. The Morgan fingerprint density at radius 2 is 2.11 bits per heavy atom. The minimum Gasteiger partial charge on any atom is -0.377 e. The van der Waals surface area contributed by atoms with Gasteiger partial charge in [0.15, 0.2) is 0 Å². The van der Waals surface area contributed by atoms with Crippen LogP contribution in [0.2, 0.25) is 0 Å². The molecule has 0 unspecified atom stereocenters. The van der Waals surface area contributed by atoms with Crippen molar-refractivity contribution in [3.05, 3.63) is 63.7 Å². The lowest BCUT2D eigenvalue weighted by atomic mass is 10.0. The molecule has 1 N–H and O–H groups in total. The van der Waals surface area contributed by atoms with Gasteiger partial charge in [-0.15, -0.1) is 0 Å². The molecule has 146 valence electrons. The van der Waals surface area contributed by atoms with E-state index < -0.39 is 4.92 Å². The Bertz CT molecular complexity index is 893. The first kappa shape index (κ1) is 18.4. The third-order valence-electron chi connectivity index (χ3n) is 5.34. The Hall–Kier alpha value is -2.93. The van der Waals surface area contributed by atoms with Gasteiger partial charge >= 0.3 is 0 Å². The molecule has 2 aromatic rings. The van der Waals surface area contributed by atoms with Crippen LogP contribution >= 0.6 is 0 Å². The standard InChI is InChI=1S/C21H23N3O4/c25-21(23-11-3-6-15-5-1-2-8-19(15)23)16-9-10-18(20(13-16)24(26)27)22-14-17-7-4-12-28-17/h1-2,5,8-10,13,17,22H,3-4,6-7,11-12,14H2/t17-/m0/s1. The third kappa shape index (κ3) is 3.71. The number of hydrogen-bond acceptors (Lipinski definition) is 5. The molecule has 0 aromatic heterocycles. The molecule has 2 aliphatic heterocycles. The number of nitrogens with zero attached hydrogens (tertiary/aromatic N) is 2. The number of nitrogens with one attached hydrogen (secondary N) is 1. The topological polar surface area (TPSA) is 84.7 Å². The van der Waals surface area contributed by atoms with Crippen LogP contribution in [0.4, 0.5) is 17.1 Å². The molecular weight excluding hydrogens is 358 g/mol. The van der Waals surface area contributed by atoms with Crippen molar-refractivity contribution >= 4 is 23.0 Å². The lowest BCUT2D eigenvalue weighted by Crippen LogP contribution is -2.35. The highest BCUT2D eigenvalue weighted by Gasteiger charge is 2.26. The summed E-state index contributed by atoms with van der Waals surface area (Å²) < 4.78 is 5.56. The summed E-state index contributed by atoms with van der Waals surface area (Å²) >= 11 is 0. The molecule has 1 atom stereocenters. The van der Waals surface area contributed by atoms with Crippen molar-refractivity contribution in [1.29, 1.82) is 0 Å². The number of rotatable bonds is 5. The van der Waals surface area contributed by atoms with Crippen LogP contribution in [0.15, 0.2) is 42.5 Å². The summed E-state index contributed by atoms with van der Waals surface area (Å²) in [6, 6.07) is 12.5. The van der Waals surface area contributed by atoms with Crippen LogP contribution in [0.3, 0.4) is 0 Å². The van der Waals surface area contributed by atoms with E-state index in [4.69, 9.17) is 4.74 Å². The number of carbonyl (C=O) groups is 1. The van der Waals surface area contributed by atoms with E-state index in [1.165, 1.54) is 6.07 Å². The number of nitro groups is 1. The van der Waals surface area contributed by atoms with Crippen LogP contribution in [0.25, 0.3) is 0 Å². The molecule has 1 saturated heterocycles. The average Bonchev–Trinajstić information content (AvgIpc) is 3.25. The quantitative estimate of drug-likeness (QED) is 0.629. The Labute approximate surface area is 163 Å². The van der Waals surface area contributed by atoms with Crippen LogP contribution in [-0.2, 0) is 11.2 Å². The number of hydrogen-bond donors (Lipinski definition) is 1. The number of para-hydroxylation sites is 1. The number of ether oxygens (including phenoxy) is 1. The Kier molecular flexibility index (Phi) is 5.25. The average molecular weight is 381 g/mol. The maximum atomic E-state index is 13.1. The highest BCUT2D eigenvalue weighted by Crippen LogP contribution is 2.31. The smallest absolute Gasteiger partial charge is 0.293 e. The van der Waals surface area contributed by atoms with Crippen LogP contribution in [-0.4, -0.2) is 36.6 Å². The van der Waals surface area contributed by atoms with Gasteiger partial charge in [0.1, 0.15) is 5.69 Å². The van der Waals surface area contributed by atoms with E-state index in [0.717, 1.165) is 43.5 Å². The fourth-order valence-corrected chi connectivity index (χ4v) is 3.89. The fraction of sp³-hybridized carbons (Fsp3) is 0.381. The monoisotopic (exact) mass is 381 g/mol. The largest absolute Gasteiger partial charge is 0.377 e. The Balaban J connectivity index is 1.57. The summed E-state index contributed by atoms with van der Waals surface area (Å²) in [7, 11) is 0. The van der Waals surface area contributed by atoms with Crippen molar-refractivity contribution in [2.75, 3.05) is 29.9 Å². The molecule has 7 nitrogen and oxygen atoms in total. The summed E-state index contributed by atoms with van der Waals surface area (Å²) in [4.78, 5) is 25.9. The first-order valence-electron chi connectivity index (χ1n) is 9.67. The number of carbonyl (C=O) groups excluding carboxylic acids is 1. The molecule has 1 amide bonds. The van der Waals surface area contributed by atoms with Crippen molar-refractivity contribution in [1.82, 2.24) is 0 Å². The lowest BCUT2D eigenvalue weighted by Gasteiger charge is -2.29. The van der Waals surface area contributed by atoms with E-state index in [0.29, 0.717) is 24.3 Å². The van der Waals surface area contributed by atoms with Gasteiger partial charge in [0.25, 0.3) is 11.6 Å². The van der Waals surface area contributed by atoms with Gasteiger partial charge in [-0.05, 0) is 49.4 Å². The predicted octanol–water partition coefficient (Wildman–Crippen LogP) is 3.78. The summed E-state index contributed by atoms with van der Waals surface area (Å²) in [6.07, 6.45) is 3.86. The highest BCUT2D eigenvalue weighted by atomic mass is 16.6. The zero-order chi connectivity index (χ0) is 19.5. The van der Waals surface area contributed by atoms with E-state index in [2.05, 4.69) is 5.32 Å². The molecule has 28 heavy (non-hydrogen) atoms. The molecule has 0 radical (unpaired) electrons. The fourth-order valence-electron chi connectivity index (χ4n) is 3.89. The molecule has 2 aromatic carbocycles. The molecule has 0 aliphatic carbocycles. The third-order valence-corrected chi connectivity index (χ3v) is 5.34. The van der Waals surface area contributed by atoms with Gasteiger partial charge in [-0.2, -0.15) is 0 Å². The summed E-state index contributed by atoms with van der Waals surface area (Å²) in [5.74, 6) is -0.207. The van der Waals surface area contributed by atoms with E-state index in [-0.39, 0.29) is 17.7 Å². The molecule has 2 heterocycles. The molecule has 4 rings (SSSR count). The minimum atomic E-state index is -0.446. The van der Waals surface area contributed by atoms with E-state index in [1.54, 1.807) is 17.0 Å². The van der Waals surface area contributed by atoms with Crippen molar-refractivity contribution in [2.45, 2.75) is 31.8 Å². The minimum absolute atomic E-state index is 0.0748. The van der Waals surface area contributed by atoms with Crippen LogP contribution < -0.4 is 10.2 Å². The Morgan fingerprint density at radius 3 is 2.89 bits per heavy atom. The van der Waals surface area contributed by atoms with Gasteiger partial charge in [0.05, 0.1) is 11.0 Å². The van der Waals surface area contributed by atoms with Crippen molar-refractivity contribution in [3.8, 4) is 0 Å². The van der Waals surface area contributed by atoms with E-state index in [9.17, 15) is 14.9 Å². The second kappa shape index (κ2) is 7.98. The molecule has 2 aliphatic rings. The van der Waals surface area contributed by atoms with Crippen molar-refractivity contribution in [2.24, 2.45) is 0 Å². The van der Waals surface area contributed by atoms with Gasteiger partial charge in [0, 0.05) is 37.0 Å². The predicted molar refractivity (Wildman–Crippen MR) is 107 cm³/mol. The maximum absolute atomic E-state index is 13.1. The number of fused-ring (bicyclic) bond motifs is 1. The number of amides is 1. The Morgan fingerprint density at radius 1 is 1.25 bits per heavy atom. The van der Waals surface area contributed by atoms with Crippen LogP contribution in [0, 0.1) is 10.1 Å². The van der Waals surface area contributed by atoms with Gasteiger partial charge in [-0.1, -0.05) is 18.2 Å². The first-order chi connectivity index (χ1) is 13.6. The van der Waals surface area contributed by atoms with E-state index in [1.807, 2.05) is 24.3 Å². The summed E-state index contributed by atoms with van der Waals surface area (Å²) in [6.45, 7) is 1.87. The summed E-state index contributed by atoms with van der Waals surface area (Å²) in [5, 5.41) is 14.7. The van der Waals surface area contributed by atoms with Gasteiger partial charge in [-0.3, -0.25) is 14.9 Å². The van der Waals surface area contributed by atoms with Gasteiger partial charge in [0.2, 0.25) is 0 Å². The van der Waals surface area contributed by atoms with Crippen LogP contribution in [0.1, 0.15) is 35.2 Å². The zero-order valence-electron chi connectivity index (χ0n) is 15.6. The first-order valence-corrected chi connectivity index (χ1v) is 9.67. The highest BCUT2D eigenvalue weighted by molar-refractivity contribution is 6.07. The second-order valence-corrected chi connectivity index (χ2v) is 7.19. The molecule has 7 heteroatoms. The van der Waals surface area contributed by atoms with Crippen molar-refractivity contribution < 1.29 is 14.5 Å². The van der Waals surface area contributed by atoms with Gasteiger partial charge < -0.3 is 15.0 Å². The second-order valence-electron chi connectivity index (χ2n) is 7.19. The summed E-state index contributed by atoms with van der Waals surface area (Å²) in [5.41, 5.74) is 2.67. The normalized spacial score (nSPS) is 18.6. The van der Waals surface area contributed by atoms with E-state index >= 15 is 0 Å². The lowest BCUT2D eigenvalue weighted by molar-refractivity contribution is -0.384. The number of nitro benzene ring substituents is 1. The molecule has 0 bridgehead atoms. The molecule has 0 spiro atoms.